The molecule has 0 bridgehead atoms. The monoisotopic (exact) mass is 339 g/mol. The summed E-state index contributed by atoms with van der Waals surface area (Å²) in [5.74, 6) is 0.941. The highest BCUT2D eigenvalue weighted by Gasteiger charge is 2.29. The molecule has 2 aromatic rings. The summed E-state index contributed by atoms with van der Waals surface area (Å²) >= 11 is 2.46. The number of rotatable bonds is 6. The molecule has 2 aromatic heterocycles. The van der Waals surface area contributed by atoms with E-state index in [1.165, 1.54) is 23.1 Å². The van der Waals surface area contributed by atoms with E-state index in [0.29, 0.717) is 15.4 Å². The van der Waals surface area contributed by atoms with Crippen LogP contribution in [0.2, 0.25) is 0 Å². The average molecular weight is 339 g/mol. The molecule has 2 N–H and O–H groups in total. The number of amides is 2. The summed E-state index contributed by atoms with van der Waals surface area (Å²) in [5.41, 5.74) is 0.233. The highest BCUT2D eigenvalue weighted by atomic mass is 32.2. The Morgan fingerprint density at radius 3 is 3.00 bits per heavy atom. The molecule has 0 spiro atoms. The Morgan fingerprint density at radius 1 is 1.45 bits per heavy atom. The lowest BCUT2D eigenvalue weighted by Crippen LogP contribution is -2.19. The van der Waals surface area contributed by atoms with E-state index in [4.69, 9.17) is 4.52 Å². The van der Waals surface area contributed by atoms with Gasteiger partial charge in [-0.15, -0.1) is 10.2 Å². The van der Waals surface area contributed by atoms with Crippen molar-refractivity contribution in [1.29, 1.82) is 0 Å². The molecular formula is C12H13N5O3S2. The summed E-state index contributed by atoms with van der Waals surface area (Å²) in [4.78, 5) is 23.2. The molecular weight excluding hydrogens is 326 g/mol. The van der Waals surface area contributed by atoms with Crippen molar-refractivity contribution in [3.8, 4) is 0 Å². The maximum atomic E-state index is 12.0. The van der Waals surface area contributed by atoms with Crippen molar-refractivity contribution in [3.63, 3.8) is 0 Å². The summed E-state index contributed by atoms with van der Waals surface area (Å²) in [6.45, 7) is 0. The molecule has 2 heterocycles. The zero-order valence-electron chi connectivity index (χ0n) is 11.7. The lowest BCUT2D eigenvalue weighted by atomic mass is 10.3. The molecule has 0 aliphatic heterocycles. The van der Waals surface area contributed by atoms with Crippen molar-refractivity contribution < 1.29 is 14.1 Å². The van der Waals surface area contributed by atoms with Crippen LogP contribution in [-0.4, -0.2) is 40.0 Å². The van der Waals surface area contributed by atoms with Gasteiger partial charge in [-0.1, -0.05) is 28.3 Å². The molecule has 0 saturated heterocycles. The third-order valence-electron chi connectivity index (χ3n) is 2.97. The van der Waals surface area contributed by atoms with Crippen molar-refractivity contribution >= 4 is 40.0 Å². The molecule has 0 atom stereocenters. The summed E-state index contributed by atoms with van der Waals surface area (Å²) in [5, 5.41) is 17.0. The van der Waals surface area contributed by atoms with Gasteiger partial charge in [0.2, 0.25) is 11.0 Å². The summed E-state index contributed by atoms with van der Waals surface area (Å²) < 4.78 is 5.75. The molecule has 22 heavy (non-hydrogen) atoms. The fraction of sp³-hybridized carbons (Fsp3) is 0.417. The number of carbonyl (C=O) groups is 2. The van der Waals surface area contributed by atoms with Gasteiger partial charge in [-0.3, -0.25) is 14.9 Å². The van der Waals surface area contributed by atoms with E-state index in [-0.39, 0.29) is 23.3 Å². The summed E-state index contributed by atoms with van der Waals surface area (Å²) in [7, 11) is 1.57. The van der Waals surface area contributed by atoms with Crippen LogP contribution in [0.5, 0.6) is 0 Å². The molecule has 2 amide bonds. The van der Waals surface area contributed by atoms with Gasteiger partial charge in [0.1, 0.15) is 5.76 Å². The van der Waals surface area contributed by atoms with Gasteiger partial charge in [0.15, 0.2) is 10.0 Å². The maximum absolute atomic E-state index is 12.0. The lowest BCUT2D eigenvalue weighted by Gasteiger charge is -1.95. The van der Waals surface area contributed by atoms with Gasteiger partial charge in [0.05, 0.1) is 5.75 Å². The van der Waals surface area contributed by atoms with Gasteiger partial charge >= 0.3 is 0 Å². The van der Waals surface area contributed by atoms with Crippen LogP contribution in [-0.2, 0) is 4.79 Å². The van der Waals surface area contributed by atoms with Gasteiger partial charge in [-0.2, -0.15) is 0 Å². The average Bonchev–Trinajstić information content (AvgIpc) is 3.08. The van der Waals surface area contributed by atoms with Crippen LogP contribution in [0.3, 0.4) is 0 Å². The van der Waals surface area contributed by atoms with Crippen molar-refractivity contribution in [3.05, 3.63) is 17.5 Å². The van der Waals surface area contributed by atoms with E-state index in [9.17, 15) is 9.59 Å². The second-order valence-electron chi connectivity index (χ2n) is 4.68. The number of carbonyl (C=O) groups excluding carboxylic acids is 2. The number of hydrogen-bond acceptors (Lipinski definition) is 8. The fourth-order valence-corrected chi connectivity index (χ4v) is 3.25. The van der Waals surface area contributed by atoms with Crippen molar-refractivity contribution in [1.82, 2.24) is 20.7 Å². The Labute approximate surface area is 134 Å². The number of nitrogens with zero attached hydrogens (tertiary/aromatic N) is 3. The first-order chi connectivity index (χ1) is 10.7. The van der Waals surface area contributed by atoms with Crippen molar-refractivity contribution in [2.45, 2.75) is 23.1 Å². The van der Waals surface area contributed by atoms with E-state index in [1.54, 1.807) is 13.1 Å². The van der Waals surface area contributed by atoms with E-state index >= 15 is 0 Å². The van der Waals surface area contributed by atoms with Crippen LogP contribution in [0.15, 0.2) is 14.9 Å². The van der Waals surface area contributed by atoms with Crippen LogP contribution in [0.25, 0.3) is 0 Å². The predicted molar refractivity (Wildman–Crippen MR) is 81.1 cm³/mol. The molecule has 116 valence electrons. The number of thioether (sulfide) groups is 1. The van der Waals surface area contributed by atoms with Gasteiger partial charge in [0.25, 0.3) is 5.91 Å². The molecule has 1 aliphatic carbocycles. The van der Waals surface area contributed by atoms with E-state index < -0.39 is 0 Å². The highest BCUT2D eigenvalue weighted by Crippen LogP contribution is 2.40. The maximum Gasteiger partial charge on any atom is 0.279 e. The Hall–Kier alpha value is -1.94. The second-order valence-corrected chi connectivity index (χ2v) is 6.88. The van der Waals surface area contributed by atoms with Crippen LogP contribution >= 0.6 is 23.1 Å². The minimum Gasteiger partial charge on any atom is -0.360 e. The Bertz CT molecular complexity index is 695. The number of aromatic nitrogens is 3. The fourth-order valence-electron chi connectivity index (χ4n) is 1.64. The van der Waals surface area contributed by atoms with Gasteiger partial charge in [-0.25, -0.2) is 0 Å². The van der Waals surface area contributed by atoms with Crippen LogP contribution in [0.4, 0.5) is 5.13 Å². The zero-order chi connectivity index (χ0) is 15.5. The summed E-state index contributed by atoms with van der Waals surface area (Å²) in [6, 6.07) is 1.66. The number of hydrogen-bond donors (Lipinski definition) is 2. The van der Waals surface area contributed by atoms with Gasteiger partial charge < -0.3 is 9.84 Å². The van der Waals surface area contributed by atoms with E-state index in [1.807, 2.05) is 0 Å². The minimum atomic E-state index is -0.380. The Kier molecular flexibility index (Phi) is 4.39. The first-order valence-corrected chi connectivity index (χ1v) is 8.40. The van der Waals surface area contributed by atoms with Crippen LogP contribution in [0.1, 0.15) is 35.0 Å². The van der Waals surface area contributed by atoms with Crippen molar-refractivity contribution in [2.24, 2.45) is 0 Å². The van der Waals surface area contributed by atoms with Crippen LogP contribution in [0, 0.1) is 0 Å². The predicted octanol–water partition coefficient (Wildman–Crippen LogP) is 1.49. The van der Waals surface area contributed by atoms with Gasteiger partial charge in [0, 0.05) is 19.0 Å². The Morgan fingerprint density at radius 2 is 2.27 bits per heavy atom. The summed E-state index contributed by atoms with van der Waals surface area (Å²) in [6.07, 6.45) is 2.16. The van der Waals surface area contributed by atoms with Gasteiger partial charge in [-0.05, 0) is 12.8 Å². The first kappa shape index (κ1) is 15.0. The van der Waals surface area contributed by atoms with E-state index in [0.717, 1.165) is 18.6 Å². The molecule has 10 heteroatoms. The number of anilines is 1. The first-order valence-electron chi connectivity index (χ1n) is 6.60. The van der Waals surface area contributed by atoms with Crippen LogP contribution < -0.4 is 10.6 Å². The molecule has 1 fully saturated rings. The smallest absolute Gasteiger partial charge is 0.279 e. The minimum absolute atomic E-state index is 0.0963. The SMILES string of the molecule is CNC(=O)CSc1nnc(NC(=O)c2cc(C3CC3)on2)s1. The molecule has 3 rings (SSSR count). The third kappa shape index (κ3) is 3.63. The number of nitrogens with one attached hydrogen (secondary N) is 2. The molecule has 1 aliphatic rings. The largest absolute Gasteiger partial charge is 0.360 e. The molecule has 0 aromatic carbocycles. The molecule has 0 unspecified atom stereocenters. The Balaban J connectivity index is 1.56. The van der Waals surface area contributed by atoms with Crippen molar-refractivity contribution in [2.75, 3.05) is 18.1 Å². The molecule has 0 radical (unpaired) electrons. The second kappa shape index (κ2) is 6.44. The quantitative estimate of drug-likeness (QED) is 0.606. The zero-order valence-corrected chi connectivity index (χ0v) is 13.3. The normalized spacial score (nSPS) is 13.9. The highest BCUT2D eigenvalue weighted by molar-refractivity contribution is 8.01. The molecule has 8 nitrogen and oxygen atoms in total. The standard InChI is InChI=1S/C12H13N5O3S2/c1-13-9(18)5-21-12-16-15-11(22-12)14-10(19)7-4-8(20-17-7)6-2-3-6/h4,6H,2-3,5H2,1H3,(H,13,18)(H,14,15,19). The van der Waals surface area contributed by atoms with E-state index in [2.05, 4.69) is 26.0 Å². The molecule has 1 saturated carbocycles. The lowest BCUT2D eigenvalue weighted by molar-refractivity contribution is -0.118. The third-order valence-corrected chi connectivity index (χ3v) is 4.95. The topological polar surface area (TPSA) is 110 Å².